The zero-order valence-electron chi connectivity index (χ0n) is 13.2. The molecule has 0 bridgehead atoms. The Morgan fingerprint density at radius 1 is 1.05 bits per heavy atom. The average Bonchev–Trinajstić information content (AvgIpc) is 2.85. The number of rotatable bonds is 11. The van der Waals surface area contributed by atoms with Gasteiger partial charge in [0.25, 0.3) is 0 Å². The Hall–Kier alpha value is -0.0800. The molecule has 0 radical (unpaired) electrons. The maximum atomic E-state index is 9.95. The van der Waals surface area contributed by atoms with Crippen LogP contribution in [0.3, 0.4) is 0 Å². The molecule has 0 amide bonds. The summed E-state index contributed by atoms with van der Waals surface area (Å²) in [5.74, 6) is 1.65. The Morgan fingerprint density at radius 2 is 1.74 bits per heavy atom. The van der Waals surface area contributed by atoms with Gasteiger partial charge in [-0.25, -0.2) is 0 Å². The van der Waals surface area contributed by atoms with Crippen LogP contribution >= 0.6 is 0 Å². The van der Waals surface area contributed by atoms with E-state index in [1.54, 1.807) is 0 Å². The zero-order chi connectivity index (χ0) is 13.9. The molecule has 1 aliphatic rings. The summed E-state index contributed by atoms with van der Waals surface area (Å²) in [6.45, 7) is 6.46. The lowest BCUT2D eigenvalue weighted by atomic mass is 10.00. The zero-order valence-corrected chi connectivity index (χ0v) is 13.2. The fraction of sp³-hybridized carbons (Fsp3) is 1.00. The van der Waals surface area contributed by atoms with Crippen molar-refractivity contribution >= 4 is 0 Å². The van der Waals surface area contributed by atoms with Gasteiger partial charge in [-0.15, -0.1) is 0 Å². The van der Waals surface area contributed by atoms with Gasteiger partial charge in [0.1, 0.15) is 0 Å². The first-order chi connectivity index (χ1) is 9.18. The van der Waals surface area contributed by atoms with Gasteiger partial charge in [0, 0.05) is 6.54 Å². The van der Waals surface area contributed by atoms with E-state index in [2.05, 4.69) is 19.2 Å². The van der Waals surface area contributed by atoms with Gasteiger partial charge in [0.05, 0.1) is 6.10 Å². The first-order valence-electron chi connectivity index (χ1n) is 8.57. The Kier molecular flexibility index (Phi) is 9.54. The summed E-state index contributed by atoms with van der Waals surface area (Å²) >= 11 is 0. The van der Waals surface area contributed by atoms with Crippen LogP contribution in [0.4, 0.5) is 0 Å². The molecule has 0 spiro atoms. The largest absolute Gasteiger partial charge is 0.392 e. The minimum atomic E-state index is -0.121. The third kappa shape index (κ3) is 9.45. The summed E-state index contributed by atoms with van der Waals surface area (Å²) in [7, 11) is 0. The van der Waals surface area contributed by atoms with Crippen LogP contribution in [0.25, 0.3) is 0 Å². The van der Waals surface area contributed by atoms with E-state index >= 15 is 0 Å². The van der Waals surface area contributed by atoms with E-state index in [0.717, 1.165) is 31.3 Å². The Bertz CT molecular complexity index is 199. The predicted octanol–water partition coefficient (Wildman–Crippen LogP) is 4.12. The Morgan fingerprint density at radius 3 is 2.42 bits per heavy atom. The third-order valence-corrected chi connectivity index (χ3v) is 4.35. The molecule has 114 valence electrons. The van der Waals surface area contributed by atoms with Gasteiger partial charge in [-0.05, 0) is 31.2 Å². The van der Waals surface area contributed by atoms with Crippen molar-refractivity contribution in [2.75, 3.05) is 13.1 Å². The lowest BCUT2D eigenvalue weighted by molar-refractivity contribution is 0.141. The Balaban J connectivity index is 1.82. The van der Waals surface area contributed by atoms with Crippen molar-refractivity contribution < 1.29 is 5.11 Å². The molecular formula is C17H35NO. The number of aliphatic hydroxyl groups is 1. The lowest BCUT2D eigenvalue weighted by Gasteiger charge is -2.15. The molecule has 1 fully saturated rings. The number of aliphatic hydroxyl groups excluding tert-OH is 1. The molecule has 0 aromatic carbocycles. The molecule has 2 heteroatoms. The molecule has 0 heterocycles. The highest BCUT2D eigenvalue weighted by Crippen LogP contribution is 2.28. The summed E-state index contributed by atoms with van der Waals surface area (Å²) in [5.41, 5.74) is 0. The van der Waals surface area contributed by atoms with Crippen molar-refractivity contribution in [2.24, 2.45) is 11.8 Å². The fourth-order valence-electron chi connectivity index (χ4n) is 3.14. The summed E-state index contributed by atoms with van der Waals surface area (Å²) in [5, 5.41) is 13.4. The van der Waals surface area contributed by atoms with Crippen LogP contribution < -0.4 is 5.32 Å². The molecule has 2 N–H and O–H groups in total. The van der Waals surface area contributed by atoms with Crippen molar-refractivity contribution in [3.63, 3.8) is 0 Å². The number of nitrogens with one attached hydrogen (secondary N) is 1. The van der Waals surface area contributed by atoms with Gasteiger partial charge in [-0.3, -0.25) is 0 Å². The fourth-order valence-corrected chi connectivity index (χ4v) is 3.14. The second-order valence-corrected chi connectivity index (χ2v) is 6.84. The second-order valence-electron chi connectivity index (χ2n) is 6.84. The van der Waals surface area contributed by atoms with Gasteiger partial charge in [0.15, 0.2) is 0 Å². The molecule has 0 aliphatic heterocycles. The van der Waals surface area contributed by atoms with E-state index in [1.807, 2.05) is 0 Å². The SMILES string of the molecule is CC(C)CCCCCCNCC(O)CC1CCCC1. The van der Waals surface area contributed by atoms with Crippen LogP contribution in [0, 0.1) is 11.8 Å². The normalized spacial score (nSPS) is 18.3. The molecule has 1 aliphatic carbocycles. The van der Waals surface area contributed by atoms with Crippen LogP contribution in [-0.4, -0.2) is 24.3 Å². The van der Waals surface area contributed by atoms with Crippen LogP contribution in [0.5, 0.6) is 0 Å². The van der Waals surface area contributed by atoms with E-state index in [0.29, 0.717) is 0 Å². The highest BCUT2D eigenvalue weighted by Gasteiger charge is 2.18. The molecule has 1 unspecified atom stereocenters. The number of unbranched alkanes of at least 4 members (excludes halogenated alkanes) is 3. The number of hydrogen-bond acceptors (Lipinski definition) is 2. The molecule has 1 rings (SSSR count). The topological polar surface area (TPSA) is 32.3 Å². The van der Waals surface area contributed by atoms with Gasteiger partial charge in [-0.2, -0.15) is 0 Å². The van der Waals surface area contributed by atoms with Crippen molar-refractivity contribution in [2.45, 2.75) is 84.2 Å². The summed E-state index contributed by atoms with van der Waals surface area (Å²) in [6.07, 6.45) is 13.0. The molecule has 19 heavy (non-hydrogen) atoms. The van der Waals surface area contributed by atoms with Crippen LogP contribution in [0.2, 0.25) is 0 Å². The lowest BCUT2D eigenvalue weighted by Crippen LogP contribution is -2.28. The van der Waals surface area contributed by atoms with Crippen molar-refractivity contribution in [1.82, 2.24) is 5.32 Å². The van der Waals surface area contributed by atoms with E-state index in [4.69, 9.17) is 0 Å². The standard InChI is InChI=1S/C17H35NO/c1-15(2)9-5-3-4-8-12-18-14-17(19)13-16-10-6-7-11-16/h15-19H,3-14H2,1-2H3. The Labute approximate surface area is 120 Å². The van der Waals surface area contributed by atoms with Gasteiger partial charge in [0.2, 0.25) is 0 Å². The maximum absolute atomic E-state index is 9.95. The minimum absolute atomic E-state index is 0.121. The van der Waals surface area contributed by atoms with Gasteiger partial charge >= 0.3 is 0 Å². The molecule has 2 nitrogen and oxygen atoms in total. The summed E-state index contributed by atoms with van der Waals surface area (Å²) in [4.78, 5) is 0. The first kappa shape index (κ1) is 17.0. The highest BCUT2D eigenvalue weighted by atomic mass is 16.3. The number of hydrogen-bond donors (Lipinski definition) is 2. The van der Waals surface area contributed by atoms with E-state index < -0.39 is 0 Å². The quantitative estimate of drug-likeness (QED) is 0.553. The molecular weight excluding hydrogens is 234 g/mol. The monoisotopic (exact) mass is 269 g/mol. The van der Waals surface area contributed by atoms with E-state index in [9.17, 15) is 5.11 Å². The average molecular weight is 269 g/mol. The summed E-state index contributed by atoms with van der Waals surface area (Å²) < 4.78 is 0. The van der Waals surface area contributed by atoms with E-state index in [-0.39, 0.29) is 6.10 Å². The highest BCUT2D eigenvalue weighted by molar-refractivity contribution is 4.72. The second kappa shape index (κ2) is 10.7. The van der Waals surface area contributed by atoms with Crippen LogP contribution in [-0.2, 0) is 0 Å². The smallest absolute Gasteiger partial charge is 0.0667 e. The predicted molar refractivity (Wildman–Crippen MR) is 83.4 cm³/mol. The van der Waals surface area contributed by atoms with Crippen molar-refractivity contribution in [3.05, 3.63) is 0 Å². The van der Waals surface area contributed by atoms with Crippen molar-refractivity contribution in [1.29, 1.82) is 0 Å². The van der Waals surface area contributed by atoms with Crippen LogP contribution in [0.1, 0.15) is 78.1 Å². The molecule has 0 aromatic heterocycles. The first-order valence-corrected chi connectivity index (χ1v) is 8.57. The minimum Gasteiger partial charge on any atom is -0.392 e. The molecule has 0 saturated heterocycles. The van der Waals surface area contributed by atoms with Crippen molar-refractivity contribution in [3.8, 4) is 0 Å². The third-order valence-electron chi connectivity index (χ3n) is 4.35. The molecule has 0 aromatic rings. The van der Waals surface area contributed by atoms with Gasteiger partial charge in [-0.1, -0.05) is 65.2 Å². The molecule has 1 atom stereocenters. The maximum Gasteiger partial charge on any atom is 0.0667 e. The van der Waals surface area contributed by atoms with E-state index in [1.165, 1.54) is 57.8 Å². The van der Waals surface area contributed by atoms with Crippen LogP contribution in [0.15, 0.2) is 0 Å². The summed E-state index contributed by atoms with van der Waals surface area (Å²) in [6, 6.07) is 0. The molecule has 1 saturated carbocycles. The van der Waals surface area contributed by atoms with Gasteiger partial charge < -0.3 is 10.4 Å².